The Morgan fingerprint density at radius 1 is 1.24 bits per heavy atom. The molecular formula is C24H23N7O3. The van der Waals surface area contributed by atoms with E-state index in [1.54, 1.807) is 34.0 Å². The molecule has 34 heavy (non-hydrogen) atoms. The third-order valence-electron chi connectivity index (χ3n) is 5.88. The molecule has 3 aromatic heterocycles. The molecule has 0 bridgehead atoms. The third kappa shape index (κ3) is 3.90. The van der Waals surface area contributed by atoms with E-state index < -0.39 is 0 Å². The first-order valence-electron chi connectivity index (χ1n) is 10.9. The Labute approximate surface area is 194 Å². The number of carbonyl (C=O) groups is 1. The van der Waals surface area contributed by atoms with Gasteiger partial charge >= 0.3 is 0 Å². The van der Waals surface area contributed by atoms with Crippen molar-refractivity contribution in [2.75, 3.05) is 18.8 Å². The molecule has 0 radical (unpaired) electrons. The van der Waals surface area contributed by atoms with Crippen molar-refractivity contribution in [2.24, 2.45) is 0 Å². The number of rotatable bonds is 5. The summed E-state index contributed by atoms with van der Waals surface area (Å²) in [6, 6.07) is 12.6. The van der Waals surface area contributed by atoms with Gasteiger partial charge in [0.15, 0.2) is 5.82 Å². The van der Waals surface area contributed by atoms with Crippen LogP contribution in [0.1, 0.15) is 18.9 Å². The van der Waals surface area contributed by atoms with Gasteiger partial charge in [0.05, 0.1) is 11.4 Å². The van der Waals surface area contributed by atoms with Crippen LogP contribution in [-0.4, -0.2) is 48.9 Å². The molecule has 3 N–H and O–H groups in total. The summed E-state index contributed by atoms with van der Waals surface area (Å²) in [6.07, 6.45) is 4.53. The Hall–Kier alpha value is -4.47. The van der Waals surface area contributed by atoms with Crippen molar-refractivity contribution >= 4 is 22.6 Å². The fourth-order valence-corrected chi connectivity index (χ4v) is 4.27. The average molecular weight is 457 g/mol. The van der Waals surface area contributed by atoms with Crippen molar-refractivity contribution in [2.45, 2.75) is 18.9 Å². The fourth-order valence-electron chi connectivity index (χ4n) is 4.27. The topological polar surface area (TPSA) is 132 Å². The van der Waals surface area contributed by atoms with E-state index in [2.05, 4.69) is 21.8 Å². The van der Waals surface area contributed by atoms with Gasteiger partial charge in [0.2, 0.25) is 11.8 Å². The van der Waals surface area contributed by atoms with Crippen LogP contribution in [0.4, 0.5) is 5.82 Å². The summed E-state index contributed by atoms with van der Waals surface area (Å²) < 4.78 is 7.45. The van der Waals surface area contributed by atoms with Crippen LogP contribution in [0, 0.1) is 0 Å². The largest absolute Gasteiger partial charge is 0.439 e. The number of hydrogen-bond donors (Lipinski definition) is 2. The van der Waals surface area contributed by atoms with E-state index in [-0.39, 0.29) is 23.3 Å². The molecule has 1 atom stereocenters. The second-order valence-electron chi connectivity index (χ2n) is 8.03. The number of aromatic nitrogens is 5. The Kier molecular flexibility index (Phi) is 5.54. The second kappa shape index (κ2) is 8.81. The summed E-state index contributed by atoms with van der Waals surface area (Å²) in [5.41, 5.74) is 7.45. The molecular weight excluding hydrogens is 434 g/mol. The van der Waals surface area contributed by atoms with Crippen LogP contribution in [0.2, 0.25) is 0 Å². The number of nitrogens with one attached hydrogen (secondary N) is 1. The van der Waals surface area contributed by atoms with Crippen LogP contribution in [0.15, 0.2) is 66.1 Å². The van der Waals surface area contributed by atoms with E-state index in [9.17, 15) is 9.59 Å². The maximum Gasteiger partial charge on any atom is 0.290 e. The molecule has 172 valence electrons. The molecule has 1 saturated heterocycles. The number of nitrogens with zero attached hydrogens (tertiary/aromatic N) is 5. The third-order valence-corrected chi connectivity index (χ3v) is 5.88. The van der Waals surface area contributed by atoms with Crippen LogP contribution in [0.5, 0.6) is 11.6 Å². The quantitative estimate of drug-likeness (QED) is 0.440. The van der Waals surface area contributed by atoms with Crippen LogP contribution >= 0.6 is 0 Å². The molecule has 10 heteroatoms. The smallest absolute Gasteiger partial charge is 0.290 e. The van der Waals surface area contributed by atoms with Crippen molar-refractivity contribution in [3.05, 3.63) is 71.7 Å². The summed E-state index contributed by atoms with van der Waals surface area (Å²) in [5, 5.41) is 11.7. The predicted octanol–water partition coefficient (Wildman–Crippen LogP) is 2.91. The number of likely N-dealkylation sites (tertiary alicyclic amines) is 1. The van der Waals surface area contributed by atoms with Crippen molar-refractivity contribution in [1.29, 1.82) is 0 Å². The molecule has 4 aromatic rings. The minimum absolute atomic E-state index is 0.139. The Morgan fingerprint density at radius 2 is 2.06 bits per heavy atom. The maximum absolute atomic E-state index is 12.8. The zero-order chi connectivity index (χ0) is 23.7. The van der Waals surface area contributed by atoms with E-state index in [0.717, 1.165) is 18.4 Å². The van der Waals surface area contributed by atoms with Gasteiger partial charge < -0.3 is 15.4 Å². The van der Waals surface area contributed by atoms with E-state index in [0.29, 0.717) is 41.3 Å². The number of hydrogen-bond acceptors (Lipinski definition) is 7. The van der Waals surface area contributed by atoms with E-state index in [4.69, 9.17) is 15.6 Å². The first-order valence-corrected chi connectivity index (χ1v) is 10.9. The van der Waals surface area contributed by atoms with Gasteiger partial charge in [0.1, 0.15) is 17.0 Å². The first kappa shape index (κ1) is 21.4. The number of aromatic amines is 1. The molecule has 1 aliphatic heterocycles. The van der Waals surface area contributed by atoms with Gasteiger partial charge in [-0.05, 0) is 49.2 Å². The average Bonchev–Trinajstić information content (AvgIpc) is 3.29. The highest BCUT2D eigenvalue weighted by molar-refractivity contribution is 5.99. The minimum atomic E-state index is -0.384. The van der Waals surface area contributed by atoms with Gasteiger partial charge in [-0.1, -0.05) is 12.6 Å². The van der Waals surface area contributed by atoms with Crippen molar-refractivity contribution in [3.8, 4) is 22.9 Å². The molecule has 4 heterocycles. The number of piperidine rings is 1. The molecule has 0 aliphatic carbocycles. The van der Waals surface area contributed by atoms with Crippen LogP contribution in [0.3, 0.4) is 0 Å². The summed E-state index contributed by atoms with van der Waals surface area (Å²) in [7, 11) is 0. The van der Waals surface area contributed by atoms with E-state index >= 15 is 0 Å². The number of pyridine rings is 1. The number of nitrogens with two attached hydrogens (primary N) is 1. The van der Waals surface area contributed by atoms with Gasteiger partial charge in [-0.15, -0.1) is 0 Å². The molecule has 1 amide bonds. The minimum Gasteiger partial charge on any atom is -0.439 e. The zero-order valence-corrected chi connectivity index (χ0v) is 18.3. The first-order chi connectivity index (χ1) is 16.5. The standard InChI is InChI=1S/C24H23N7O3/c1-2-19(32)30-13-5-6-16(14-30)31-22-20(23(25)27-28-24(22)33)21(29-31)15-8-10-17(11-9-15)34-18-7-3-4-12-26-18/h2-4,7-12,16H,1,5-6,13-14H2,(H2,25,27)(H,28,33). The number of H-pyrrole nitrogens is 1. The second-order valence-corrected chi connectivity index (χ2v) is 8.03. The van der Waals surface area contributed by atoms with Crippen LogP contribution < -0.4 is 16.0 Å². The number of anilines is 1. The van der Waals surface area contributed by atoms with Crippen LogP contribution in [-0.2, 0) is 4.79 Å². The Morgan fingerprint density at radius 3 is 2.79 bits per heavy atom. The summed E-state index contributed by atoms with van der Waals surface area (Å²) in [4.78, 5) is 30.9. The summed E-state index contributed by atoms with van der Waals surface area (Å²) in [6.45, 7) is 4.65. The molecule has 1 aromatic carbocycles. The SMILES string of the molecule is C=CC(=O)N1CCCC(n2nc(-c3ccc(Oc4ccccn4)cc3)c3c(N)n[nH]c(=O)c32)C1. The van der Waals surface area contributed by atoms with E-state index in [1.165, 1.54) is 6.08 Å². The molecule has 10 nitrogen and oxygen atoms in total. The molecule has 0 saturated carbocycles. The molecule has 1 aliphatic rings. The lowest BCUT2D eigenvalue weighted by atomic mass is 10.1. The Bertz CT molecular complexity index is 1410. The van der Waals surface area contributed by atoms with Crippen molar-refractivity contribution in [3.63, 3.8) is 0 Å². The lowest BCUT2D eigenvalue weighted by molar-refractivity contribution is -0.127. The molecule has 5 rings (SSSR count). The number of nitrogen functional groups attached to an aromatic ring is 1. The zero-order valence-electron chi connectivity index (χ0n) is 18.3. The normalized spacial score (nSPS) is 15.9. The van der Waals surface area contributed by atoms with Gasteiger partial charge in [-0.2, -0.15) is 10.2 Å². The van der Waals surface area contributed by atoms with E-state index in [1.807, 2.05) is 24.3 Å². The number of fused-ring (bicyclic) bond motifs is 1. The van der Waals surface area contributed by atoms with Crippen LogP contribution in [0.25, 0.3) is 22.2 Å². The highest BCUT2D eigenvalue weighted by atomic mass is 16.5. The number of amides is 1. The summed E-state index contributed by atoms with van der Waals surface area (Å²) >= 11 is 0. The molecule has 0 spiro atoms. The Balaban J connectivity index is 1.55. The monoisotopic (exact) mass is 457 g/mol. The fraction of sp³-hybridized carbons (Fsp3) is 0.208. The van der Waals surface area contributed by atoms with Gasteiger partial charge in [-0.25, -0.2) is 10.1 Å². The highest BCUT2D eigenvalue weighted by Crippen LogP contribution is 2.34. The molecule has 1 unspecified atom stereocenters. The maximum atomic E-state index is 12.8. The van der Waals surface area contributed by atoms with Gasteiger partial charge in [0.25, 0.3) is 5.56 Å². The number of ether oxygens (including phenoxy) is 1. The molecule has 1 fully saturated rings. The number of carbonyl (C=O) groups excluding carboxylic acids is 1. The summed E-state index contributed by atoms with van der Waals surface area (Å²) in [5.74, 6) is 1.14. The predicted molar refractivity (Wildman–Crippen MR) is 127 cm³/mol. The lowest BCUT2D eigenvalue weighted by Crippen LogP contribution is -2.40. The van der Waals surface area contributed by atoms with Crippen molar-refractivity contribution in [1.82, 2.24) is 29.9 Å². The number of benzene rings is 1. The highest BCUT2D eigenvalue weighted by Gasteiger charge is 2.28. The van der Waals surface area contributed by atoms with Crippen molar-refractivity contribution < 1.29 is 9.53 Å². The van der Waals surface area contributed by atoms with Gasteiger partial charge in [-0.3, -0.25) is 14.3 Å². The van der Waals surface area contributed by atoms with Gasteiger partial charge in [0, 0.05) is 30.9 Å². The lowest BCUT2D eigenvalue weighted by Gasteiger charge is -2.32.